The van der Waals surface area contributed by atoms with Crippen LogP contribution in [0.15, 0.2) is 6.20 Å². The van der Waals surface area contributed by atoms with Crippen LogP contribution in [0.2, 0.25) is 0 Å². The second-order valence-electron chi connectivity index (χ2n) is 5.05. The molecule has 6 heteroatoms. The Balaban J connectivity index is 2.77. The summed E-state index contributed by atoms with van der Waals surface area (Å²) in [5, 5.41) is 5.85. The van der Waals surface area contributed by atoms with E-state index in [1.54, 1.807) is 13.2 Å². The molecular weight excluding hydrogens is 254 g/mol. The molecular formula is C14H25N5O. The molecule has 0 fully saturated rings. The standard InChI is InChI=1S/C14H25N5O/c1-6-19(5)8-7-16-14(20)12-11(15-4)9-17-13(18-12)10(2)3/h9-10,15H,6-8H2,1-5H3,(H,16,20). The lowest BCUT2D eigenvalue weighted by Crippen LogP contribution is -2.33. The third-order valence-corrected chi connectivity index (χ3v) is 3.13. The number of carbonyl (C=O) groups excluding carboxylic acids is 1. The number of carbonyl (C=O) groups is 1. The lowest BCUT2D eigenvalue weighted by Gasteiger charge is -2.15. The fourth-order valence-electron chi connectivity index (χ4n) is 1.63. The van der Waals surface area contributed by atoms with Gasteiger partial charge in [0, 0.05) is 26.1 Å². The van der Waals surface area contributed by atoms with Crippen molar-refractivity contribution in [2.75, 3.05) is 39.0 Å². The van der Waals surface area contributed by atoms with Crippen LogP contribution in [-0.4, -0.2) is 54.5 Å². The van der Waals surface area contributed by atoms with Gasteiger partial charge in [0.05, 0.1) is 11.9 Å². The summed E-state index contributed by atoms with van der Waals surface area (Å²) in [5.41, 5.74) is 1.06. The summed E-state index contributed by atoms with van der Waals surface area (Å²) in [6.07, 6.45) is 1.66. The van der Waals surface area contributed by atoms with Crippen LogP contribution in [-0.2, 0) is 0 Å². The summed E-state index contributed by atoms with van der Waals surface area (Å²) in [6, 6.07) is 0. The second-order valence-corrected chi connectivity index (χ2v) is 5.05. The van der Waals surface area contributed by atoms with Crippen LogP contribution >= 0.6 is 0 Å². The molecule has 0 radical (unpaired) electrons. The summed E-state index contributed by atoms with van der Waals surface area (Å²) < 4.78 is 0. The summed E-state index contributed by atoms with van der Waals surface area (Å²) in [4.78, 5) is 23.0. The van der Waals surface area contributed by atoms with Crippen molar-refractivity contribution in [3.8, 4) is 0 Å². The Morgan fingerprint density at radius 2 is 2.15 bits per heavy atom. The van der Waals surface area contributed by atoms with E-state index in [4.69, 9.17) is 0 Å². The molecule has 1 amide bonds. The maximum Gasteiger partial charge on any atom is 0.272 e. The van der Waals surface area contributed by atoms with Crippen molar-refractivity contribution in [3.63, 3.8) is 0 Å². The maximum atomic E-state index is 12.2. The average Bonchev–Trinajstić information content (AvgIpc) is 2.45. The number of nitrogens with zero attached hydrogens (tertiary/aromatic N) is 3. The highest BCUT2D eigenvalue weighted by molar-refractivity contribution is 5.97. The van der Waals surface area contributed by atoms with Crippen molar-refractivity contribution in [2.45, 2.75) is 26.7 Å². The lowest BCUT2D eigenvalue weighted by molar-refractivity contribution is 0.0945. The highest BCUT2D eigenvalue weighted by Crippen LogP contribution is 2.15. The summed E-state index contributed by atoms with van der Waals surface area (Å²) in [6.45, 7) is 8.48. The largest absolute Gasteiger partial charge is 0.385 e. The van der Waals surface area contributed by atoms with Crippen molar-refractivity contribution in [2.24, 2.45) is 0 Å². The lowest BCUT2D eigenvalue weighted by atomic mass is 10.2. The number of anilines is 1. The Bertz CT molecular complexity index is 447. The minimum absolute atomic E-state index is 0.164. The molecule has 0 spiro atoms. The molecule has 2 N–H and O–H groups in total. The molecule has 112 valence electrons. The molecule has 0 aliphatic heterocycles. The Kier molecular flexibility index (Phi) is 6.38. The molecule has 0 bridgehead atoms. The van der Waals surface area contributed by atoms with Gasteiger partial charge >= 0.3 is 0 Å². The van der Waals surface area contributed by atoms with Crippen molar-refractivity contribution >= 4 is 11.6 Å². The fourth-order valence-corrected chi connectivity index (χ4v) is 1.63. The van der Waals surface area contributed by atoms with Crippen molar-refractivity contribution in [1.82, 2.24) is 20.2 Å². The van der Waals surface area contributed by atoms with Gasteiger partial charge in [-0.15, -0.1) is 0 Å². The number of likely N-dealkylation sites (N-methyl/N-ethyl adjacent to an activating group) is 1. The van der Waals surface area contributed by atoms with Gasteiger partial charge in [-0.3, -0.25) is 4.79 Å². The van der Waals surface area contributed by atoms with Crippen LogP contribution in [0, 0.1) is 0 Å². The Labute approximate surface area is 121 Å². The van der Waals surface area contributed by atoms with Crippen molar-refractivity contribution in [3.05, 3.63) is 17.7 Å². The van der Waals surface area contributed by atoms with E-state index in [-0.39, 0.29) is 11.8 Å². The topological polar surface area (TPSA) is 70.2 Å². The van der Waals surface area contributed by atoms with Gasteiger partial charge in [-0.25, -0.2) is 9.97 Å². The highest BCUT2D eigenvalue weighted by Gasteiger charge is 2.15. The predicted octanol–water partition coefficient (Wildman–Crippen LogP) is 1.32. The van der Waals surface area contributed by atoms with Gasteiger partial charge in [0.15, 0.2) is 5.69 Å². The fraction of sp³-hybridized carbons (Fsp3) is 0.643. The molecule has 6 nitrogen and oxygen atoms in total. The normalized spacial score (nSPS) is 10.9. The van der Waals surface area contributed by atoms with Gasteiger partial charge in [0.1, 0.15) is 5.82 Å². The van der Waals surface area contributed by atoms with Crippen LogP contribution in [0.3, 0.4) is 0 Å². The molecule has 0 atom stereocenters. The van der Waals surface area contributed by atoms with Crippen LogP contribution < -0.4 is 10.6 Å². The Morgan fingerprint density at radius 1 is 1.45 bits per heavy atom. The smallest absolute Gasteiger partial charge is 0.272 e. The quantitative estimate of drug-likeness (QED) is 0.788. The molecule has 0 saturated carbocycles. The Morgan fingerprint density at radius 3 is 2.70 bits per heavy atom. The number of hydrogen-bond donors (Lipinski definition) is 2. The molecule has 1 rings (SSSR count). The zero-order valence-corrected chi connectivity index (χ0v) is 13.0. The average molecular weight is 279 g/mol. The van der Waals surface area contributed by atoms with Crippen LogP contribution in [0.4, 0.5) is 5.69 Å². The van der Waals surface area contributed by atoms with Gasteiger partial charge in [-0.1, -0.05) is 20.8 Å². The van der Waals surface area contributed by atoms with Gasteiger partial charge in [0.2, 0.25) is 0 Å². The van der Waals surface area contributed by atoms with E-state index in [1.165, 1.54) is 0 Å². The SMILES string of the molecule is CCN(C)CCNC(=O)c1nc(C(C)C)ncc1NC. The van der Waals surface area contributed by atoms with Crippen LogP contribution in [0.5, 0.6) is 0 Å². The van der Waals surface area contributed by atoms with Gasteiger partial charge in [0.25, 0.3) is 5.91 Å². The minimum atomic E-state index is -0.164. The second kappa shape index (κ2) is 7.79. The molecule has 0 aliphatic rings. The van der Waals surface area contributed by atoms with Crippen LogP contribution in [0.25, 0.3) is 0 Å². The van der Waals surface area contributed by atoms with E-state index in [2.05, 4.69) is 32.4 Å². The van der Waals surface area contributed by atoms with Gasteiger partial charge in [-0.2, -0.15) is 0 Å². The monoisotopic (exact) mass is 279 g/mol. The highest BCUT2D eigenvalue weighted by atomic mass is 16.1. The minimum Gasteiger partial charge on any atom is -0.385 e. The third-order valence-electron chi connectivity index (χ3n) is 3.13. The molecule has 0 aliphatic carbocycles. The third kappa shape index (κ3) is 4.45. The van der Waals surface area contributed by atoms with E-state index in [0.717, 1.165) is 13.1 Å². The summed E-state index contributed by atoms with van der Waals surface area (Å²) in [5.74, 6) is 0.710. The van der Waals surface area contributed by atoms with Gasteiger partial charge in [-0.05, 0) is 13.6 Å². The molecule has 1 aromatic heterocycles. The zero-order chi connectivity index (χ0) is 15.1. The number of amides is 1. The van der Waals surface area contributed by atoms with Crippen molar-refractivity contribution in [1.29, 1.82) is 0 Å². The number of aromatic nitrogens is 2. The first-order valence-corrected chi connectivity index (χ1v) is 7.01. The first-order valence-electron chi connectivity index (χ1n) is 7.01. The molecule has 0 unspecified atom stereocenters. The van der Waals surface area contributed by atoms with E-state index in [9.17, 15) is 4.79 Å². The van der Waals surface area contributed by atoms with Gasteiger partial charge < -0.3 is 15.5 Å². The molecule has 20 heavy (non-hydrogen) atoms. The Hall–Kier alpha value is -1.69. The molecule has 1 heterocycles. The number of rotatable bonds is 7. The summed E-state index contributed by atoms with van der Waals surface area (Å²) >= 11 is 0. The predicted molar refractivity (Wildman–Crippen MR) is 81.2 cm³/mol. The van der Waals surface area contributed by atoms with E-state index in [1.807, 2.05) is 20.9 Å². The molecule has 1 aromatic rings. The van der Waals surface area contributed by atoms with Crippen LogP contribution in [0.1, 0.15) is 43.0 Å². The van der Waals surface area contributed by atoms with E-state index >= 15 is 0 Å². The van der Waals surface area contributed by atoms with Crippen molar-refractivity contribution < 1.29 is 4.79 Å². The first kappa shape index (κ1) is 16.4. The molecule has 0 aromatic carbocycles. The number of nitrogens with one attached hydrogen (secondary N) is 2. The summed E-state index contributed by atoms with van der Waals surface area (Å²) in [7, 11) is 3.78. The molecule has 0 saturated heterocycles. The number of hydrogen-bond acceptors (Lipinski definition) is 5. The van der Waals surface area contributed by atoms with E-state index in [0.29, 0.717) is 23.8 Å². The van der Waals surface area contributed by atoms with E-state index < -0.39 is 0 Å². The first-order chi connectivity index (χ1) is 9.49. The maximum absolute atomic E-state index is 12.2. The zero-order valence-electron chi connectivity index (χ0n) is 13.0.